The molecule has 2 aromatic carbocycles. The lowest BCUT2D eigenvalue weighted by atomic mass is 10.1. The first-order valence-electron chi connectivity index (χ1n) is 12.2. The van der Waals surface area contributed by atoms with Crippen LogP contribution in [0.3, 0.4) is 0 Å². The molecule has 2 aromatic heterocycles. The van der Waals surface area contributed by atoms with Crippen molar-refractivity contribution in [2.24, 2.45) is 0 Å². The second-order valence-corrected chi connectivity index (χ2v) is 11.8. The molecule has 37 heavy (non-hydrogen) atoms. The Morgan fingerprint density at radius 1 is 1.05 bits per heavy atom. The van der Waals surface area contributed by atoms with Gasteiger partial charge in [0.15, 0.2) is 27.1 Å². The topological polar surface area (TPSA) is 133 Å². The predicted molar refractivity (Wildman–Crippen MR) is 141 cm³/mol. The van der Waals surface area contributed by atoms with Crippen LogP contribution in [0.2, 0.25) is 0 Å². The monoisotopic (exact) mass is 519 g/mol. The molecule has 3 heterocycles. The Morgan fingerprint density at radius 3 is 2.43 bits per heavy atom. The SMILES string of the molecule is CC(C)S(=O)(=O)c1ccc(-c2cnc(N)c(-c3cc(-c4ccc(CNC5CCOC5)cc4)no3)n2)cc1. The number of nitrogens with one attached hydrogen (secondary N) is 1. The Hall–Kier alpha value is -3.60. The number of hydrogen-bond acceptors (Lipinski definition) is 9. The van der Waals surface area contributed by atoms with Gasteiger partial charge in [0, 0.05) is 36.4 Å². The lowest BCUT2D eigenvalue weighted by molar-refractivity contribution is 0.190. The summed E-state index contributed by atoms with van der Waals surface area (Å²) >= 11 is 0. The van der Waals surface area contributed by atoms with Gasteiger partial charge >= 0.3 is 0 Å². The minimum atomic E-state index is -3.36. The third-order valence-electron chi connectivity index (χ3n) is 6.42. The number of anilines is 1. The van der Waals surface area contributed by atoms with E-state index in [4.69, 9.17) is 15.0 Å². The summed E-state index contributed by atoms with van der Waals surface area (Å²) in [6.45, 7) is 5.67. The fourth-order valence-electron chi connectivity index (χ4n) is 4.08. The van der Waals surface area contributed by atoms with Gasteiger partial charge in [0.1, 0.15) is 5.69 Å². The van der Waals surface area contributed by atoms with Gasteiger partial charge in [-0.05, 0) is 38.0 Å². The van der Waals surface area contributed by atoms with Crippen molar-refractivity contribution < 1.29 is 17.7 Å². The normalized spacial score (nSPS) is 15.9. The zero-order valence-electron chi connectivity index (χ0n) is 20.7. The number of sulfone groups is 1. The number of hydrogen-bond donors (Lipinski definition) is 2. The van der Waals surface area contributed by atoms with Crippen LogP contribution in [0.15, 0.2) is 70.2 Å². The number of nitrogens with two attached hydrogens (primary N) is 1. The highest BCUT2D eigenvalue weighted by Crippen LogP contribution is 2.30. The third-order valence-corrected chi connectivity index (χ3v) is 8.59. The zero-order valence-corrected chi connectivity index (χ0v) is 21.5. The second kappa shape index (κ2) is 10.4. The number of nitrogen functional groups attached to an aromatic ring is 1. The quantitative estimate of drug-likeness (QED) is 0.353. The molecule has 0 saturated carbocycles. The Bertz CT molecular complexity index is 1480. The third kappa shape index (κ3) is 5.41. The van der Waals surface area contributed by atoms with E-state index in [1.54, 1.807) is 50.4 Å². The average molecular weight is 520 g/mol. The maximum absolute atomic E-state index is 12.4. The van der Waals surface area contributed by atoms with Gasteiger partial charge in [0.25, 0.3) is 0 Å². The molecule has 3 N–H and O–H groups in total. The molecule has 0 aliphatic carbocycles. The minimum absolute atomic E-state index is 0.211. The molecule has 0 amide bonds. The maximum atomic E-state index is 12.4. The molecule has 4 aromatic rings. The molecular weight excluding hydrogens is 490 g/mol. The number of benzene rings is 2. The van der Waals surface area contributed by atoms with Crippen molar-refractivity contribution in [1.29, 1.82) is 0 Å². The van der Waals surface area contributed by atoms with Gasteiger partial charge in [-0.25, -0.2) is 18.4 Å². The Kier molecular flexibility index (Phi) is 7.05. The summed E-state index contributed by atoms with van der Waals surface area (Å²) in [6, 6.07) is 16.9. The van der Waals surface area contributed by atoms with Gasteiger partial charge in [0.2, 0.25) is 0 Å². The average Bonchev–Trinajstić information content (AvgIpc) is 3.61. The van der Waals surface area contributed by atoms with E-state index < -0.39 is 15.1 Å². The highest BCUT2D eigenvalue weighted by molar-refractivity contribution is 7.92. The van der Waals surface area contributed by atoms with Gasteiger partial charge < -0.3 is 20.3 Å². The molecule has 0 spiro atoms. The summed E-state index contributed by atoms with van der Waals surface area (Å²) in [7, 11) is -3.36. The van der Waals surface area contributed by atoms with Gasteiger partial charge in [-0.3, -0.25) is 0 Å². The van der Waals surface area contributed by atoms with Crippen LogP contribution in [0.25, 0.3) is 34.0 Å². The molecule has 5 rings (SSSR count). The number of nitrogens with zero attached hydrogens (tertiary/aromatic N) is 3. The first-order valence-corrected chi connectivity index (χ1v) is 13.7. The summed E-state index contributed by atoms with van der Waals surface area (Å²) in [5, 5.41) is 7.21. The van der Waals surface area contributed by atoms with Gasteiger partial charge in [-0.1, -0.05) is 41.6 Å². The molecular formula is C27H29N5O4S. The van der Waals surface area contributed by atoms with Crippen LogP contribution < -0.4 is 11.1 Å². The van der Waals surface area contributed by atoms with Crippen LogP contribution in [0.1, 0.15) is 25.8 Å². The summed E-state index contributed by atoms with van der Waals surface area (Å²) in [5.74, 6) is 0.607. The first-order chi connectivity index (χ1) is 17.8. The van der Waals surface area contributed by atoms with Crippen LogP contribution in [-0.2, 0) is 21.1 Å². The zero-order chi connectivity index (χ0) is 26.0. The van der Waals surface area contributed by atoms with Crippen molar-refractivity contribution in [2.45, 2.75) is 43.0 Å². The largest absolute Gasteiger partial charge is 0.382 e. The van der Waals surface area contributed by atoms with Gasteiger partial charge in [-0.2, -0.15) is 0 Å². The Balaban J connectivity index is 1.34. The predicted octanol–water partition coefficient (Wildman–Crippen LogP) is 4.11. The van der Waals surface area contributed by atoms with Crippen molar-refractivity contribution in [3.8, 4) is 34.0 Å². The van der Waals surface area contributed by atoms with E-state index in [-0.39, 0.29) is 10.7 Å². The molecule has 0 radical (unpaired) electrons. The van der Waals surface area contributed by atoms with Crippen LogP contribution >= 0.6 is 0 Å². The number of ether oxygens (including phenoxy) is 1. The summed E-state index contributed by atoms with van der Waals surface area (Å²) in [6.07, 6.45) is 2.59. The molecule has 1 fully saturated rings. The van der Waals surface area contributed by atoms with Crippen LogP contribution in [0.5, 0.6) is 0 Å². The Morgan fingerprint density at radius 2 is 1.76 bits per heavy atom. The van der Waals surface area contributed by atoms with E-state index in [0.29, 0.717) is 34.4 Å². The van der Waals surface area contributed by atoms with Crippen LogP contribution in [0, 0.1) is 0 Å². The van der Waals surface area contributed by atoms with E-state index in [1.165, 1.54) is 5.56 Å². The molecule has 1 unspecified atom stereocenters. The van der Waals surface area contributed by atoms with E-state index in [9.17, 15) is 8.42 Å². The van der Waals surface area contributed by atoms with E-state index in [0.717, 1.165) is 31.7 Å². The second-order valence-electron chi connectivity index (χ2n) is 9.32. The minimum Gasteiger partial charge on any atom is -0.382 e. The lowest BCUT2D eigenvalue weighted by Crippen LogP contribution is -2.28. The molecule has 9 nitrogen and oxygen atoms in total. The van der Waals surface area contributed by atoms with Crippen molar-refractivity contribution in [3.63, 3.8) is 0 Å². The molecule has 1 aliphatic heterocycles. The van der Waals surface area contributed by atoms with E-state index >= 15 is 0 Å². The number of aromatic nitrogens is 3. The Labute approximate surface area is 216 Å². The smallest absolute Gasteiger partial charge is 0.189 e. The summed E-state index contributed by atoms with van der Waals surface area (Å²) < 4.78 is 35.8. The van der Waals surface area contributed by atoms with Crippen molar-refractivity contribution in [2.75, 3.05) is 18.9 Å². The molecule has 1 aliphatic rings. The lowest BCUT2D eigenvalue weighted by Gasteiger charge is -2.10. The first kappa shape index (κ1) is 25.1. The highest BCUT2D eigenvalue weighted by Gasteiger charge is 2.20. The molecule has 0 bridgehead atoms. The van der Waals surface area contributed by atoms with E-state index in [2.05, 4.69) is 32.6 Å². The summed E-state index contributed by atoms with van der Waals surface area (Å²) in [4.78, 5) is 9.17. The standard InChI is InChI=1S/C27H29N5O4S/c1-17(2)37(33,34)22-9-7-20(8-10-22)24-15-30-27(28)26(31-24)25-13-23(32-36-25)19-5-3-18(4-6-19)14-29-21-11-12-35-16-21/h3-10,13,15,17,21,29H,11-12,14,16H2,1-2H3,(H2,28,30). The summed E-state index contributed by atoms with van der Waals surface area (Å²) in [5.41, 5.74) is 10.5. The molecule has 1 atom stereocenters. The molecule has 10 heteroatoms. The molecule has 192 valence electrons. The van der Waals surface area contributed by atoms with Crippen molar-refractivity contribution in [1.82, 2.24) is 20.4 Å². The van der Waals surface area contributed by atoms with Gasteiger partial charge in [-0.15, -0.1) is 0 Å². The molecule has 1 saturated heterocycles. The van der Waals surface area contributed by atoms with Crippen molar-refractivity contribution >= 4 is 15.7 Å². The van der Waals surface area contributed by atoms with Crippen LogP contribution in [0.4, 0.5) is 5.82 Å². The van der Waals surface area contributed by atoms with Crippen molar-refractivity contribution in [3.05, 3.63) is 66.4 Å². The number of rotatable bonds is 8. The fourth-order valence-corrected chi connectivity index (χ4v) is 5.14. The fraction of sp³-hybridized carbons (Fsp3) is 0.296. The van der Waals surface area contributed by atoms with Crippen LogP contribution in [-0.4, -0.2) is 48.0 Å². The highest BCUT2D eigenvalue weighted by atomic mass is 32.2. The van der Waals surface area contributed by atoms with Gasteiger partial charge in [0.05, 0.1) is 28.6 Å². The van der Waals surface area contributed by atoms with E-state index in [1.807, 2.05) is 12.1 Å². The maximum Gasteiger partial charge on any atom is 0.189 e.